The summed E-state index contributed by atoms with van der Waals surface area (Å²) >= 11 is 13.9. The molecule has 0 saturated carbocycles. The van der Waals surface area contributed by atoms with Crippen molar-refractivity contribution in [3.05, 3.63) is 29.3 Å². The Balaban J connectivity index is 2.47. The average molecular weight is 263 g/mol. The van der Waals surface area contributed by atoms with Crippen LogP contribution in [0.1, 0.15) is 20.8 Å². The maximum Gasteiger partial charge on any atom is 0.0478 e. The summed E-state index contributed by atoms with van der Waals surface area (Å²) in [5.74, 6) is 0.923. The first-order valence-electron chi connectivity index (χ1n) is 4.92. The highest BCUT2D eigenvalue weighted by Crippen LogP contribution is 2.30. The predicted molar refractivity (Wildman–Crippen MR) is 71.3 cm³/mol. The Bertz CT molecular complexity index is 300. The Labute approximate surface area is 106 Å². The molecule has 3 heteroatoms. The molecule has 0 amide bonds. The summed E-state index contributed by atoms with van der Waals surface area (Å²) < 4.78 is 0. The Morgan fingerprint density at radius 2 is 1.73 bits per heavy atom. The number of alkyl halides is 1. The number of hydrogen-bond donors (Lipinski definition) is 0. The second kappa shape index (κ2) is 5.47. The number of halogens is 2. The topological polar surface area (TPSA) is 0 Å². The monoisotopic (exact) mass is 262 g/mol. The van der Waals surface area contributed by atoms with Crippen molar-refractivity contribution < 1.29 is 0 Å². The van der Waals surface area contributed by atoms with Crippen molar-refractivity contribution in [3.63, 3.8) is 0 Å². The van der Waals surface area contributed by atoms with E-state index in [-0.39, 0.29) is 10.8 Å². The highest BCUT2D eigenvalue weighted by atomic mass is 35.5. The Morgan fingerprint density at radius 3 is 2.20 bits per heavy atom. The molecule has 0 fully saturated rings. The lowest BCUT2D eigenvalue weighted by molar-refractivity contribution is 0.409. The van der Waals surface area contributed by atoms with Crippen LogP contribution in [0, 0.1) is 5.41 Å². The normalized spacial score (nSPS) is 13.9. The molecule has 0 radical (unpaired) electrons. The van der Waals surface area contributed by atoms with Crippen molar-refractivity contribution in [2.24, 2.45) is 5.41 Å². The Kier molecular flexibility index (Phi) is 4.82. The molecule has 1 unspecified atom stereocenters. The summed E-state index contributed by atoms with van der Waals surface area (Å²) in [6.45, 7) is 6.48. The number of rotatable bonds is 3. The maximum atomic E-state index is 6.29. The van der Waals surface area contributed by atoms with E-state index in [2.05, 4.69) is 20.8 Å². The Hall–Kier alpha value is 0.150. The molecule has 0 aliphatic rings. The van der Waals surface area contributed by atoms with Crippen LogP contribution in [0.4, 0.5) is 0 Å². The van der Waals surface area contributed by atoms with Gasteiger partial charge in [0.25, 0.3) is 0 Å². The minimum absolute atomic E-state index is 0.154. The fourth-order valence-corrected chi connectivity index (χ4v) is 2.43. The van der Waals surface area contributed by atoms with E-state index in [0.717, 1.165) is 10.8 Å². The van der Waals surface area contributed by atoms with Crippen molar-refractivity contribution >= 4 is 35.0 Å². The van der Waals surface area contributed by atoms with Gasteiger partial charge >= 0.3 is 0 Å². The van der Waals surface area contributed by atoms with Crippen LogP contribution in [-0.4, -0.2) is 11.1 Å². The van der Waals surface area contributed by atoms with Crippen molar-refractivity contribution in [1.82, 2.24) is 0 Å². The summed E-state index contributed by atoms with van der Waals surface area (Å²) in [7, 11) is 0. The summed E-state index contributed by atoms with van der Waals surface area (Å²) in [6, 6.07) is 7.87. The summed E-state index contributed by atoms with van der Waals surface area (Å²) in [6.07, 6.45) is 0. The smallest absolute Gasteiger partial charge is 0.0478 e. The maximum absolute atomic E-state index is 6.29. The van der Waals surface area contributed by atoms with E-state index in [0.29, 0.717) is 0 Å². The molecule has 0 heterocycles. The molecular weight excluding hydrogens is 247 g/mol. The molecule has 1 atom stereocenters. The molecule has 1 aromatic rings. The Morgan fingerprint density at radius 1 is 1.20 bits per heavy atom. The molecular formula is C12H16Cl2S. The molecule has 0 N–H and O–H groups in total. The van der Waals surface area contributed by atoms with Crippen LogP contribution in [0.5, 0.6) is 0 Å². The van der Waals surface area contributed by atoms with E-state index < -0.39 is 0 Å². The first-order valence-corrected chi connectivity index (χ1v) is 6.72. The summed E-state index contributed by atoms with van der Waals surface area (Å²) in [5.41, 5.74) is 0.154. The van der Waals surface area contributed by atoms with E-state index in [9.17, 15) is 0 Å². The van der Waals surface area contributed by atoms with Crippen molar-refractivity contribution in [3.8, 4) is 0 Å². The molecule has 0 bridgehead atoms. The quantitative estimate of drug-likeness (QED) is 0.541. The van der Waals surface area contributed by atoms with Gasteiger partial charge in [0.05, 0.1) is 0 Å². The van der Waals surface area contributed by atoms with Crippen LogP contribution in [0.15, 0.2) is 29.2 Å². The minimum atomic E-state index is 0.154. The van der Waals surface area contributed by atoms with E-state index in [4.69, 9.17) is 23.2 Å². The van der Waals surface area contributed by atoms with E-state index >= 15 is 0 Å². The molecule has 0 aliphatic carbocycles. The third kappa shape index (κ3) is 4.67. The second-order valence-electron chi connectivity index (χ2n) is 4.60. The van der Waals surface area contributed by atoms with Gasteiger partial charge in [-0.1, -0.05) is 32.4 Å². The van der Waals surface area contributed by atoms with Crippen LogP contribution in [-0.2, 0) is 0 Å². The number of thioether (sulfide) groups is 1. The van der Waals surface area contributed by atoms with Gasteiger partial charge in [0.1, 0.15) is 0 Å². The third-order valence-electron chi connectivity index (χ3n) is 2.15. The molecule has 0 nitrogen and oxygen atoms in total. The summed E-state index contributed by atoms with van der Waals surface area (Å²) in [5, 5.41) is 0.954. The summed E-state index contributed by atoms with van der Waals surface area (Å²) in [4.78, 5) is 1.22. The van der Waals surface area contributed by atoms with Gasteiger partial charge in [-0.15, -0.1) is 23.4 Å². The zero-order chi connectivity index (χ0) is 11.5. The first kappa shape index (κ1) is 13.2. The fraction of sp³-hybridized carbons (Fsp3) is 0.500. The standard InChI is InChI=1S/C12H16Cl2S/c1-12(2,3)11(14)8-15-10-6-4-9(13)5-7-10/h4-7,11H,8H2,1-3H3. The largest absolute Gasteiger partial charge is 0.125 e. The third-order valence-corrected chi connectivity index (χ3v) is 4.50. The number of benzene rings is 1. The van der Waals surface area contributed by atoms with Gasteiger partial charge in [-0.05, 0) is 29.7 Å². The highest BCUT2D eigenvalue weighted by molar-refractivity contribution is 7.99. The van der Waals surface area contributed by atoms with Crippen LogP contribution >= 0.6 is 35.0 Å². The van der Waals surface area contributed by atoms with Crippen LogP contribution in [0.2, 0.25) is 5.02 Å². The van der Waals surface area contributed by atoms with Gasteiger partial charge in [-0.2, -0.15) is 0 Å². The molecule has 0 aromatic heterocycles. The number of hydrogen-bond acceptors (Lipinski definition) is 1. The second-order valence-corrected chi connectivity index (χ2v) is 6.66. The van der Waals surface area contributed by atoms with Crippen molar-refractivity contribution in [2.75, 3.05) is 5.75 Å². The van der Waals surface area contributed by atoms with Gasteiger partial charge in [0, 0.05) is 21.0 Å². The molecule has 0 spiro atoms. The average Bonchev–Trinajstić information content (AvgIpc) is 2.15. The van der Waals surface area contributed by atoms with Crippen LogP contribution in [0.25, 0.3) is 0 Å². The van der Waals surface area contributed by atoms with Gasteiger partial charge in [0.2, 0.25) is 0 Å². The van der Waals surface area contributed by atoms with Crippen LogP contribution < -0.4 is 0 Å². The lowest BCUT2D eigenvalue weighted by atomic mass is 9.93. The molecule has 15 heavy (non-hydrogen) atoms. The SMILES string of the molecule is CC(C)(C)C(Cl)CSc1ccc(Cl)cc1. The van der Waals surface area contributed by atoms with Crippen molar-refractivity contribution in [2.45, 2.75) is 31.0 Å². The van der Waals surface area contributed by atoms with Gasteiger partial charge in [-0.25, -0.2) is 0 Å². The zero-order valence-electron chi connectivity index (χ0n) is 9.26. The molecule has 1 rings (SSSR count). The van der Waals surface area contributed by atoms with Crippen molar-refractivity contribution in [1.29, 1.82) is 0 Å². The van der Waals surface area contributed by atoms with E-state index in [1.54, 1.807) is 11.8 Å². The fourth-order valence-electron chi connectivity index (χ4n) is 0.950. The lowest BCUT2D eigenvalue weighted by Gasteiger charge is -2.24. The van der Waals surface area contributed by atoms with Gasteiger partial charge < -0.3 is 0 Å². The molecule has 84 valence electrons. The molecule has 0 saturated heterocycles. The molecule has 0 aliphatic heterocycles. The van der Waals surface area contributed by atoms with Gasteiger partial charge in [-0.3, -0.25) is 0 Å². The van der Waals surface area contributed by atoms with Gasteiger partial charge in [0.15, 0.2) is 0 Å². The predicted octanol–water partition coefficient (Wildman–Crippen LogP) is 5.09. The lowest BCUT2D eigenvalue weighted by Crippen LogP contribution is -2.22. The zero-order valence-corrected chi connectivity index (χ0v) is 11.6. The van der Waals surface area contributed by atoms with Crippen LogP contribution in [0.3, 0.4) is 0 Å². The highest BCUT2D eigenvalue weighted by Gasteiger charge is 2.21. The molecule has 1 aromatic carbocycles. The minimum Gasteiger partial charge on any atom is -0.125 e. The first-order chi connectivity index (χ1) is 6.89. The van der Waals surface area contributed by atoms with E-state index in [1.165, 1.54) is 4.90 Å². The van der Waals surface area contributed by atoms with E-state index in [1.807, 2.05) is 24.3 Å².